The third-order valence-corrected chi connectivity index (χ3v) is 3.85. The van der Waals surface area contributed by atoms with Crippen molar-refractivity contribution in [3.8, 4) is 0 Å². The molecule has 0 aliphatic heterocycles. The van der Waals surface area contributed by atoms with Gasteiger partial charge in [-0.2, -0.15) is 0 Å². The van der Waals surface area contributed by atoms with Gasteiger partial charge in [0.05, 0.1) is 4.92 Å². The molecule has 0 saturated heterocycles. The number of nitrogens with one attached hydrogen (secondary N) is 2. The van der Waals surface area contributed by atoms with Crippen LogP contribution in [0.15, 0.2) is 18.2 Å². The molecule has 1 aliphatic carbocycles. The summed E-state index contributed by atoms with van der Waals surface area (Å²) >= 11 is 0. The predicted octanol–water partition coefficient (Wildman–Crippen LogP) is 2.95. The molecule has 6 heteroatoms. The van der Waals surface area contributed by atoms with Gasteiger partial charge in [0.15, 0.2) is 0 Å². The standard InChI is InChI=1S/C15H21N3O3/c1-3-12(8-10-4-5-10)17-13-9-11(15(19)16-2)6-7-14(13)18(20)21/h6-7,9-10,12,17H,3-5,8H2,1-2H3,(H,16,19). The van der Waals surface area contributed by atoms with Gasteiger partial charge in [0.25, 0.3) is 11.6 Å². The van der Waals surface area contributed by atoms with Crippen LogP contribution in [0.5, 0.6) is 0 Å². The topological polar surface area (TPSA) is 84.3 Å². The molecule has 1 unspecified atom stereocenters. The number of nitro benzene ring substituents is 1. The van der Waals surface area contributed by atoms with Gasteiger partial charge < -0.3 is 10.6 Å². The zero-order valence-corrected chi connectivity index (χ0v) is 12.4. The zero-order valence-electron chi connectivity index (χ0n) is 12.4. The zero-order chi connectivity index (χ0) is 15.4. The van der Waals surface area contributed by atoms with Crippen molar-refractivity contribution in [3.05, 3.63) is 33.9 Å². The number of benzene rings is 1. The SMILES string of the molecule is CCC(CC1CC1)Nc1cc(C(=O)NC)ccc1[N+](=O)[O-]. The Morgan fingerprint density at radius 1 is 1.48 bits per heavy atom. The van der Waals surface area contributed by atoms with Crippen LogP contribution in [0.2, 0.25) is 0 Å². The Morgan fingerprint density at radius 2 is 2.19 bits per heavy atom. The molecule has 6 nitrogen and oxygen atoms in total. The Kier molecular flexibility index (Phi) is 4.77. The molecule has 1 amide bonds. The summed E-state index contributed by atoms with van der Waals surface area (Å²) in [7, 11) is 1.54. The summed E-state index contributed by atoms with van der Waals surface area (Å²) in [6.45, 7) is 2.06. The first-order valence-electron chi connectivity index (χ1n) is 7.32. The van der Waals surface area contributed by atoms with Crippen molar-refractivity contribution in [2.24, 2.45) is 5.92 Å². The van der Waals surface area contributed by atoms with E-state index in [1.807, 2.05) is 0 Å². The highest BCUT2D eigenvalue weighted by atomic mass is 16.6. The third kappa shape index (κ3) is 3.93. The van der Waals surface area contributed by atoms with Gasteiger partial charge in [0.2, 0.25) is 0 Å². The van der Waals surface area contributed by atoms with Crippen LogP contribution in [0, 0.1) is 16.0 Å². The van der Waals surface area contributed by atoms with Crippen molar-refractivity contribution in [2.75, 3.05) is 12.4 Å². The third-order valence-electron chi connectivity index (χ3n) is 3.85. The Labute approximate surface area is 124 Å². The first kappa shape index (κ1) is 15.3. The number of carbonyl (C=O) groups is 1. The minimum absolute atomic E-state index is 0.0110. The fraction of sp³-hybridized carbons (Fsp3) is 0.533. The fourth-order valence-electron chi connectivity index (χ4n) is 2.40. The van der Waals surface area contributed by atoms with Gasteiger partial charge in [0.1, 0.15) is 5.69 Å². The molecule has 0 spiro atoms. The summed E-state index contributed by atoms with van der Waals surface area (Å²) in [5, 5.41) is 16.9. The van der Waals surface area contributed by atoms with Crippen molar-refractivity contribution in [1.82, 2.24) is 5.32 Å². The number of rotatable bonds is 7. The van der Waals surface area contributed by atoms with Gasteiger partial charge in [-0.05, 0) is 30.9 Å². The van der Waals surface area contributed by atoms with Gasteiger partial charge in [-0.25, -0.2) is 0 Å². The summed E-state index contributed by atoms with van der Waals surface area (Å²) in [6.07, 6.45) is 4.42. The maximum absolute atomic E-state index is 11.7. The molecule has 0 radical (unpaired) electrons. The summed E-state index contributed by atoms with van der Waals surface area (Å²) in [6, 6.07) is 4.63. The second-order valence-corrected chi connectivity index (χ2v) is 5.50. The summed E-state index contributed by atoms with van der Waals surface area (Å²) < 4.78 is 0. The minimum Gasteiger partial charge on any atom is -0.377 e. The molecule has 1 fully saturated rings. The molecule has 114 valence electrons. The highest BCUT2D eigenvalue weighted by Gasteiger charge is 2.26. The lowest BCUT2D eigenvalue weighted by Gasteiger charge is -2.18. The van der Waals surface area contributed by atoms with Gasteiger partial charge in [0, 0.05) is 24.7 Å². The summed E-state index contributed by atoms with van der Waals surface area (Å²) in [5.41, 5.74) is 0.859. The Bertz CT molecular complexity index is 541. The molecule has 1 atom stereocenters. The normalized spacial score (nSPS) is 15.3. The number of hydrogen-bond acceptors (Lipinski definition) is 4. The number of nitrogens with zero attached hydrogens (tertiary/aromatic N) is 1. The lowest BCUT2D eigenvalue weighted by molar-refractivity contribution is -0.384. The van der Waals surface area contributed by atoms with E-state index in [4.69, 9.17) is 0 Å². The number of anilines is 1. The van der Waals surface area contributed by atoms with E-state index >= 15 is 0 Å². The van der Waals surface area contributed by atoms with Crippen LogP contribution in [-0.2, 0) is 0 Å². The molecule has 2 N–H and O–H groups in total. The molecule has 1 aliphatic rings. The van der Waals surface area contributed by atoms with Crippen LogP contribution >= 0.6 is 0 Å². The van der Waals surface area contributed by atoms with E-state index in [-0.39, 0.29) is 17.6 Å². The number of hydrogen-bond donors (Lipinski definition) is 2. The van der Waals surface area contributed by atoms with E-state index in [0.717, 1.165) is 18.8 Å². The van der Waals surface area contributed by atoms with Crippen molar-refractivity contribution in [2.45, 2.75) is 38.6 Å². The van der Waals surface area contributed by atoms with Crippen LogP contribution in [0.25, 0.3) is 0 Å². The average Bonchev–Trinajstić information content (AvgIpc) is 3.29. The molecular formula is C15H21N3O3. The van der Waals surface area contributed by atoms with Crippen molar-refractivity contribution < 1.29 is 9.72 Å². The number of carbonyl (C=O) groups excluding carboxylic acids is 1. The van der Waals surface area contributed by atoms with Crippen LogP contribution in [0.4, 0.5) is 11.4 Å². The molecule has 1 saturated carbocycles. The van der Waals surface area contributed by atoms with E-state index < -0.39 is 4.92 Å². The van der Waals surface area contributed by atoms with Gasteiger partial charge in [-0.15, -0.1) is 0 Å². The smallest absolute Gasteiger partial charge is 0.292 e. The first-order chi connectivity index (χ1) is 10.0. The van der Waals surface area contributed by atoms with Crippen LogP contribution in [0.3, 0.4) is 0 Å². The average molecular weight is 291 g/mol. The molecule has 1 aromatic carbocycles. The van der Waals surface area contributed by atoms with Crippen molar-refractivity contribution in [1.29, 1.82) is 0 Å². The molecule has 0 heterocycles. The quantitative estimate of drug-likeness (QED) is 0.597. The molecule has 2 rings (SSSR count). The molecular weight excluding hydrogens is 270 g/mol. The lowest BCUT2D eigenvalue weighted by atomic mass is 10.1. The van der Waals surface area contributed by atoms with E-state index in [9.17, 15) is 14.9 Å². The van der Waals surface area contributed by atoms with Gasteiger partial charge >= 0.3 is 0 Å². The van der Waals surface area contributed by atoms with E-state index in [1.54, 1.807) is 13.1 Å². The molecule has 0 bridgehead atoms. The van der Waals surface area contributed by atoms with Crippen molar-refractivity contribution >= 4 is 17.3 Å². The van der Waals surface area contributed by atoms with Crippen LogP contribution in [0.1, 0.15) is 43.0 Å². The highest BCUT2D eigenvalue weighted by molar-refractivity contribution is 5.95. The second kappa shape index (κ2) is 6.56. The maximum Gasteiger partial charge on any atom is 0.292 e. The first-order valence-corrected chi connectivity index (χ1v) is 7.32. The van der Waals surface area contributed by atoms with E-state index in [2.05, 4.69) is 17.6 Å². The van der Waals surface area contributed by atoms with Crippen LogP contribution < -0.4 is 10.6 Å². The fourth-order valence-corrected chi connectivity index (χ4v) is 2.40. The van der Waals surface area contributed by atoms with Gasteiger partial charge in [-0.1, -0.05) is 19.8 Å². The largest absolute Gasteiger partial charge is 0.377 e. The number of nitro groups is 1. The second-order valence-electron chi connectivity index (χ2n) is 5.50. The summed E-state index contributed by atoms with van der Waals surface area (Å²) in [5.74, 6) is 0.492. The lowest BCUT2D eigenvalue weighted by Crippen LogP contribution is -2.21. The van der Waals surface area contributed by atoms with E-state index in [0.29, 0.717) is 11.3 Å². The summed E-state index contributed by atoms with van der Waals surface area (Å²) in [4.78, 5) is 22.4. The molecule has 0 aromatic heterocycles. The predicted molar refractivity (Wildman–Crippen MR) is 81.5 cm³/mol. The van der Waals surface area contributed by atoms with E-state index in [1.165, 1.54) is 25.0 Å². The molecule has 21 heavy (non-hydrogen) atoms. The highest BCUT2D eigenvalue weighted by Crippen LogP contribution is 2.36. The Balaban J connectivity index is 2.23. The molecule has 1 aromatic rings. The Morgan fingerprint density at radius 3 is 2.71 bits per heavy atom. The monoisotopic (exact) mass is 291 g/mol. The number of amides is 1. The van der Waals surface area contributed by atoms with Crippen molar-refractivity contribution in [3.63, 3.8) is 0 Å². The Hall–Kier alpha value is -2.11. The maximum atomic E-state index is 11.7. The van der Waals surface area contributed by atoms with Crippen LogP contribution in [-0.4, -0.2) is 23.9 Å². The van der Waals surface area contributed by atoms with Gasteiger partial charge in [-0.3, -0.25) is 14.9 Å². The minimum atomic E-state index is -0.417.